The average Bonchev–Trinajstić information content (AvgIpc) is 3.01. The standard InChI is InChI=1S/C18H24FN3O2/c1-18(2,9-10-19)24-17(23)22(14-15-6-4-3-5-7-15)21-11-8-16(12-20)13-21/h3-7,16H,8-11,13-14H2,1-2H3. The highest BCUT2D eigenvalue weighted by molar-refractivity contribution is 5.67. The van der Waals surface area contributed by atoms with E-state index >= 15 is 0 Å². The van der Waals surface area contributed by atoms with Gasteiger partial charge in [0.25, 0.3) is 0 Å². The smallest absolute Gasteiger partial charge is 0.425 e. The third kappa shape index (κ3) is 4.93. The quantitative estimate of drug-likeness (QED) is 0.799. The van der Waals surface area contributed by atoms with Crippen molar-refractivity contribution in [2.75, 3.05) is 19.8 Å². The molecule has 1 atom stereocenters. The van der Waals surface area contributed by atoms with Crippen molar-refractivity contribution in [2.45, 2.75) is 38.8 Å². The van der Waals surface area contributed by atoms with E-state index in [1.807, 2.05) is 35.3 Å². The van der Waals surface area contributed by atoms with Crippen molar-refractivity contribution < 1.29 is 13.9 Å². The first-order valence-corrected chi connectivity index (χ1v) is 8.20. The highest BCUT2D eigenvalue weighted by atomic mass is 19.1. The number of hydrogen-bond donors (Lipinski definition) is 0. The van der Waals surface area contributed by atoms with Gasteiger partial charge in [-0.3, -0.25) is 4.39 Å². The van der Waals surface area contributed by atoms with Crippen LogP contribution in [0.3, 0.4) is 0 Å². The van der Waals surface area contributed by atoms with Gasteiger partial charge in [-0.1, -0.05) is 30.3 Å². The molecule has 0 aliphatic carbocycles. The Bertz CT molecular complexity index is 586. The van der Waals surface area contributed by atoms with Gasteiger partial charge in [-0.25, -0.2) is 14.8 Å². The van der Waals surface area contributed by atoms with E-state index in [4.69, 9.17) is 10.00 Å². The fraction of sp³-hybridized carbons (Fsp3) is 0.556. The van der Waals surface area contributed by atoms with E-state index in [1.54, 1.807) is 13.8 Å². The number of benzene rings is 1. The molecule has 1 fully saturated rings. The molecule has 1 amide bonds. The summed E-state index contributed by atoms with van der Waals surface area (Å²) >= 11 is 0. The van der Waals surface area contributed by atoms with Crippen LogP contribution in [0, 0.1) is 17.2 Å². The van der Waals surface area contributed by atoms with Crippen LogP contribution in [0.25, 0.3) is 0 Å². The third-order valence-corrected chi connectivity index (χ3v) is 4.14. The zero-order valence-electron chi connectivity index (χ0n) is 14.2. The van der Waals surface area contributed by atoms with Crippen molar-refractivity contribution in [1.29, 1.82) is 5.26 Å². The summed E-state index contributed by atoms with van der Waals surface area (Å²) in [5, 5.41) is 12.5. The molecule has 1 heterocycles. The molecule has 0 saturated carbocycles. The summed E-state index contributed by atoms with van der Waals surface area (Å²) in [5.41, 5.74) is 0.105. The van der Waals surface area contributed by atoms with Crippen molar-refractivity contribution in [3.05, 3.63) is 35.9 Å². The van der Waals surface area contributed by atoms with Crippen molar-refractivity contribution >= 4 is 6.09 Å². The highest BCUT2D eigenvalue weighted by Crippen LogP contribution is 2.23. The maximum atomic E-state index is 12.7. The van der Waals surface area contributed by atoms with Crippen LogP contribution in [0.1, 0.15) is 32.3 Å². The van der Waals surface area contributed by atoms with Gasteiger partial charge in [0, 0.05) is 19.5 Å². The van der Waals surface area contributed by atoms with Crippen molar-refractivity contribution in [2.24, 2.45) is 5.92 Å². The van der Waals surface area contributed by atoms with Gasteiger partial charge in [0.2, 0.25) is 0 Å². The first-order valence-electron chi connectivity index (χ1n) is 8.20. The maximum Gasteiger partial charge on any atom is 0.425 e. The predicted molar refractivity (Wildman–Crippen MR) is 88.4 cm³/mol. The molecule has 0 radical (unpaired) electrons. The van der Waals surface area contributed by atoms with E-state index in [0.717, 1.165) is 12.0 Å². The normalized spacial score (nSPS) is 18.2. The lowest BCUT2D eigenvalue weighted by Gasteiger charge is -2.34. The summed E-state index contributed by atoms with van der Waals surface area (Å²) in [6.45, 7) is 4.36. The summed E-state index contributed by atoms with van der Waals surface area (Å²) in [5.74, 6) is -0.0880. The van der Waals surface area contributed by atoms with Crippen LogP contribution in [0.5, 0.6) is 0 Å². The minimum absolute atomic E-state index is 0.0880. The number of amides is 1. The van der Waals surface area contributed by atoms with E-state index in [1.165, 1.54) is 5.01 Å². The molecule has 1 aromatic carbocycles. The Hall–Kier alpha value is -2.13. The second-order valence-electron chi connectivity index (χ2n) is 6.64. The number of ether oxygens (including phenoxy) is 1. The number of carbonyl (C=O) groups is 1. The predicted octanol–water partition coefficient (Wildman–Crippen LogP) is 3.52. The Balaban J connectivity index is 2.13. The fourth-order valence-corrected chi connectivity index (χ4v) is 2.67. The van der Waals surface area contributed by atoms with Crippen molar-refractivity contribution in [1.82, 2.24) is 10.0 Å². The Morgan fingerprint density at radius 3 is 2.75 bits per heavy atom. The van der Waals surface area contributed by atoms with Gasteiger partial charge < -0.3 is 4.74 Å². The summed E-state index contributed by atoms with van der Waals surface area (Å²) < 4.78 is 18.2. The molecule has 2 rings (SSSR count). The molecule has 1 aromatic rings. The van der Waals surface area contributed by atoms with Crippen LogP contribution < -0.4 is 0 Å². The van der Waals surface area contributed by atoms with E-state index in [9.17, 15) is 9.18 Å². The molecule has 130 valence electrons. The van der Waals surface area contributed by atoms with E-state index in [-0.39, 0.29) is 12.3 Å². The zero-order valence-corrected chi connectivity index (χ0v) is 14.2. The van der Waals surface area contributed by atoms with Crippen molar-refractivity contribution in [3.63, 3.8) is 0 Å². The first kappa shape index (κ1) is 18.2. The molecule has 24 heavy (non-hydrogen) atoms. The first-order chi connectivity index (χ1) is 11.4. The Morgan fingerprint density at radius 2 is 2.17 bits per heavy atom. The number of halogens is 1. The number of hydrogen-bond acceptors (Lipinski definition) is 4. The average molecular weight is 333 g/mol. The Kier molecular flexibility index (Phi) is 6.16. The van der Waals surface area contributed by atoms with E-state index < -0.39 is 18.4 Å². The Morgan fingerprint density at radius 1 is 1.46 bits per heavy atom. The molecule has 1 aliphatic rings. The lowest BCUT2D eigenvalue weighted by Crippen LogP contribution is -2.47. The van der Waals surface area contributed by atoms with Crippen LogP contribution >= 0.6 is 0 Å². The number of nitrogens with zero attached hydrogens (tertiary/aromatic N) is 3. The van der Waals surface area contributed by atoms with E-state index in [2.05, 4.69) is 6.07 Å². The van der Waals surface area contributed by atoms with Crippen LogP contribution in [-0.2, 0) is 11.3 Å². The number of hydrazine groups is 1. The molecule has 1 unspecified atom stereocenters. The molecule has 6 heteroatoms. The number of nitriles is 1. The zero-order chi connectivity index (χ0) is 17.6. The van der Waals surface area contributed by atoms with E-state index in [0.29, 0.717) is 19.6 Å². The van der Waals surface area contributed by atoms with Gasteiger partial charge in [0.05, 0.1) is 25.2 Å². The third-order valence-electron chi connectivity index (χ3n) is 4.14. The summed E-state index contributed by atoms with van der Waals surface area (Å²) in [6.07, 6.45) is 0.373. The minimum atomic E-state index is -0.866. The number of rotatable bonds is 6. The van der Waals surface area contributed by atoms with Crippen LogP contribution in [0.2, 0.25) is 0 Å². The van der Waals surface area contributed by atoms with Gasteiger partial charge in [0.1, 0.15) is 5.60 Å². The topological polar surface area (TPSA) is 56.6 Å². The Labute approximate surface area is 142 Å². The van der Waals surface area contributed by atoms with Gasteiger partial charge in [-0.15, -0.1) is 0 Å². The summed E-state index contributed by atoms with van der Waals surface area (Å²) in [7, 11) is 0. The van der Waals surface area contributed by atoms with Gasteiger partial charge in [-0.05, 0) is 25.8 Å². The van der Waals surface area contributed by atoms with Crippen molar-refractivity contribution in [3.8, 4) is 6.07 Å². The summed E-state index contributed by atoms with van der Waals surface area (Å²) in [6, 6.07) is 11.9. The van der Waals surface area contributed by atoms with Crippen LogP contribution in [-0.4, -0.2) is 41.5 Å². The SMILES string of the molecule is CC(C)(CCF)OC(=O)N(Cc1ccccc1)N1CCC(C#N)C1. The molecule has 5 nitrogen and oxygen atoms in total. The number of alkyl halides is 1. The minimum Gasteiger partial charge on any atom is -0.442 e. The molecule has 1 aliphatic heterocycles. The highest BCUT2D eigenvalue weighted by Gasteiger charge is 2.33. The molecule has 0 N–H and O–H groups in total. The van der Waals surface area contributed by atoms with Crippen LogP contribution in [0.4, 0.5) is 9.18 Å². The van der Waals surface area contributed by atoms with Gasteiger partial charge in [0.15, 0.2) is 0 Å². The van der Waals surface area contributed by atoms with Crippen LogP contribution in [0.15, 0.2) is 30.3 Å². The molecule has 0 aromatic heterocycles. The lowest BCUT2D eigenvalue weighted by atomic mass is 10.1. The summed E-state index contributed by atoms with van der Waals surface area (Å²) in [4.78, 5) is 12.7. The molecular formula is C18H24FN3O2. The maximum absolute atomic E-state index is 12.7. The molecule has 0 spiro atoms. The van der Waals surface area contributed by atoms with Gasteiger partial charge >= 0.3 is 6.09 Å². The lowest BCUT2D eigenvalue weighted by molar-refractivity contribution is -0.0546. The largest absolute Gasteiger partial charge is 0.442 e. The fourth-order valence-electron chi connectivity index (χ4n) is 2.67. The number of carbonyl (C=O) groups excluding carboxylic acids is 1. The second-order valence-corrected chi connectivity index (χ2v) is 6.64. The molecular weight excluding hydrogens is 309 g/mol. The monoisotopic (exact) mass is 333 g/mol. The molecule has 0 bridgehead atoms. The second kappa shape index (κ2) is 8.11. The molecule has 1 saturated heterocycles. The van der Waals surface area contributed by atoms with Gasteiger partial charge in [-0.2, -0.15) is 5.26 Å².